The van der Waals surface area contributed by atoms with Crippen molar-refractivity contribution in [2.45, 2.75) is 0 Å². The summed E-state index contributed by atoms with van der Waals surface area (Å²) < 4.78 is 13.0. The van der Waals surface area contributed by atoms with Crippen LogP contribution in [0.15, 0.2) is 17.8 Å². The van der Waals surface area contributed by atoms with Crippen molar-refractivity contribution in [1.82, 2.24) is 10.4 Å². The Morgan fingerprint density at radius 3 is 2.59 bits per heavy atom. The van der Waals surface area contributed by atoms with Crippen LogP contribution >= 0.6 is 23.2 Å². The van der Waals surface area contributed by atoms with Crippen molar-refractivity contribution in [1.29, 1.82) is 10.5 Å². The average Bonchev–Trinajstić information content (AvgIpc) is 2.31. The number of pyridine rings is 1. The molecule has 0 atom stereocenters. The van der Waals surface area contributed by atoms with Crippen LogP contribution in [-0.2, 0) is 0 Å². The van der Waals surface area contributed by atoms with Gasteiger partial charge >= 0.3 is 0 Å². The summed E-state index contributed by atoms with van der Waals surface area (Å²) in [5.41, 5.74) is 4.62. The van der Waals surface area contributed by atoms with Crippen LogP contribution < -0.4 is 10.9 Å². The third kappa shape index (κ3) is 3.49. The SMILES string of the molecule is N#CC(C#N)=CNNc1nc(F)c(Cl)cc1Cl. The molecule has 0 saturated heterocycles. The predicted molar refractivity (Wildman–Crippen MR) is 60.3 cm³/mol. The van der Waals surface area contributed by atoms with E-state index in [1.54, 1.807) is 12.1 Å². The largest absolute Gasteiger partial charge is 0.305 e. The maximum atomic E-state index is 13.0. The first kappa shape index (κ1) is 13.0. The molecule has 0 fully saturated rings. The van der Waals surface area contributed by atoms with E-state index in [1.807, 2.05) is 0 Å². The molecule has 0 aliphatic heterocycles. The number of anilines is 1. The second-order valence-electron chi connectivity index (χ2n) is 2.64. The molecular formula is C9H4Cl2FN5. The third-order valence-corrected chi connectivity index (χ3v) is 2.09. The van der Waals surface area contributed by atoms with Gasteiger partial charge in [-0.25, -0.2) is 0 Å². The highest BCUT2D eigenvalue weighted by molar-refractivity contribution is 6.36. The van der Waals surface area contributed by atoms with Gasteiger partial charge in [0, 0.05) is 6.20 Å². The van der Waals surface area contributed by atoms with Crippen molar-refractivity contribution in [2.24, 2.45) is 0 Å². The monoisotopic (exact) mass is 271 g/mol. The van der Waals surface area contributed by atoms with Crippen LogP contribution in [-0.4, -0.2) is 4.98 Å². The highest BCUT2D eigenvalue weighted by atomic mass is 35.5. The minimum atomic E-state index is -0.884. The molecule has 2 N–H and O–H groups in total. The average molecular weight is 272 g/mol. The quantitative estimate of drug-likeness (QED) is 0.501. The van der Waals surface area contributed by atoms with Gasteiger partial charge in [0.1, 0.15) is 17.7 Å². The molecule has 0 unspecified atom stereocenters. The van der Waals surface area contributed by atoms with E-state index in [4.69, 9.17) is 33.7 Å². The molecule has 0 aliphatic rings. The predicted octanol–water partition coefficient (Wildman–Crippen LogP) is 2.38. The van der Waals surface area contributed by atoms with Crippen molar-refractivity contribution in [3.05, 3.63) is 33.8 Å². The van der Waals surface area contributed by atoms with E-state index in [-0.39, 0.29) is 21.4 Å². The number of hydrogen-bond acceptors (Lipinski definition) is 5. The molecule has 0 spiro atoms. The highest BCUT2D eigenvalue weighted by Crippen LogP contribution is 2.24. The zero-order valence-corrected chi connectivity index (χ0v) is 9.64. The van der Waals surface area contributed by atoms with Gasteiger partial charge in [0.05, 0.1) is 10.0 Å². The Hall–Kier alpha value is -2.02. The van der Waals surface area contributed by atoms with Crippen LogP contribution in [0, 0.1) is 28.6 Å². The number of allylic oxidation sites excluding steroid dienone is 1. The van der Waals surface area contributed by atoms with E-state index in [0.717, 1.165) is 6.20 Å². The number of nitrogens with zero attached hydrogens (tertiary/aromatic N) is 3. The van der Waals surface area contributed by atoms with Gasteiger partial charge in [-0.05, 0) is 6.07 Å². The van der Waals surface area contributed by atoms with E-state index < -0.39 is 5.95 Å². The molecule has 0 amide bonds. The van der Waals surface area contributed by atoms with Crippen molar-refractivity contribution < 1.29 is 4.39 Å². The molecule has 0 aromatic carbocycles. The summed E-state index contributed by atoms with van der Waals surface area (Å²) in [4.78, 5) is 3.42. The summed E-state index contributed by atoms with van der Waals surface area (Å²) >= 11 is 11.2. The molecule has 0 bridgehead atoms. The minimum Gasteiger partial charge on any atom is -0.305 e. The first-order valence-electron chi connectivity index (χ1n) is 4.12. The van der Waals surface area contributed by atoms with E-state index in [9.17, 15) is 4.39 Å². The molecule has 5 nitrogen and oxygen atoms in total. The third-order valence-electron chi connectivity index (χ3n) is 1.53. The lowest BCUT2D eigenvalue weighted by Gasteiger charge is -2.07. The van der Waals surface area contributed by atoms with Gasteiger partial charge in [-0.1, -0.05) is 23.2 Å². The van der Waals surface area contributed by atoms with Crippen molar-refractivity contribution in [3.8, 4) is 12.1 Å². The van der Waals surface area contributed by atoms with Crippen LogP contribution in [0.25, 0.3) is 0 Å². The van der Waals surface area contributed by atoms with Gasteiger partial charge in [0.25, 0.3) is 0 Å². The fraction of sp³-hybridized carbons (Fsp3) is 0. The van der Waals surface area contributed by atoms with Gasteiger partial charge in [0.15, 0.2) is 5.82 Å². The summed E-state index contributed by atoms with van der Waals surface area (Å²) in [6, 6.07) is 4.42. The summed E-state index contributed by atoms with van der Waals surface area (Å²) in [6.07, 6.45) is 1.09. The Morgan fingerprint density at radius 1 is 1.35 bits per heavy atom. The van der Waals surface area contributed by atoms with E-state index in [1.165, 1.54) is 6.07 Å². The molecule has 1 rings (SSSR count). The van der Waals surface area contributed by atoms with Crippen molar-refractivity contribution in [3.63, 3.8) is 0 Å². The number of halogens is 3. The first-order chi connectivity index (χ1) is 8.08. The van der Waals surface area contributed by atoms with Crippen LogP contribution in [0.2, 0.25) is 10.0 Å². The number of nitriles is 2. The van der Waals surface area contributed by atoms with Crippen LogP contribution in [0.5, 0.6) is 0 Å². The van der Waals surface area contributed by atoms with Gasteiger partial charge < -0.3 is 5.43 Å². The Labute approximate surface area is 106 Å². The zero-order valence-electron chi connectivity index (χ0n) is 8.13. The van der Waals surface area contributed by atoms with Crippen LogP contribution in [0.4, 0.5) is 10.2 Å². The maximum Gasteiger partial charge on any atom is 0.233 e. The van der Waals surface area contributed by atoms with E-state index >= 15 is 0 Å². The number of aromatic nitrogens is 1. The first-order valence-corrected chi connectivity index (χ1v) is 4.87. The lowest BCUT2D eigenvalue weighted by atomic mass is 10.4. The second kappa shape index (κ2) is 5.90. The Morgan fingerprint density at radius 2 is 2.00 bits per heavy atom. The van der Waals surface area contributed by atoms with Crippen molar-refractivity contribution >= 4 is 29.0 Å². The summed E-state index contributed by atoms with van der Waals surface area (Å²) in [6.45, 7) is 0. The Kier molecular flexibility index (Phi) is 4.53. The minimum absolute atomic E-state index is 0.0138. The molecule has 8 heteroatoms. The number of hydrazine groups is 1. The summed E-state index contributed by atoms with van der Waals surface area (Å²) in [5.74, 6) is -0.898. The fourth-order valence-corrected chi connectivity index (χ4v) is 1.20. The fourth-order valence-electron chi connectivity index (χ4n) is 0.798. The lowest BCUT2D eigenvalue weighted by Crippen LogP contribution is -2.17. The van der Waals surface area contributed by atoms with Gasteiger partial charge in [-0.3, -0.25) is 5.43 Å². The van der Waals surface area contributed by atoms with Gasteiger partial charge in [-0.15, -0.1) is 0 Å². The van der Waals surface area contributed by atoms with Gasteiger partial charge in [0.2, 0.25) is 5.95 Å². The van der Waals surface area contributed by atoms with E-state index in [2.05, 4.69) is 15.8 Å². The standard InChI is InChI=1S/C9H4Cl2FN5/c10-6-1-7(11)9(16-8(6)12)17-15-4-5(2-13)3-14/h1,4,15H,(H,16,17). The molecule has 0 saturated carbocycles. The zero-order chi connectivity index (χ0) is 12.8. The topological polar surface area (TPSA) is 84.5 Å². The van der Waals surface area contributed by atoms with Crippen LogP contribution in [0.3, 0.4) is 0 Å². The molecule has 86 valence electrons. The molecule has 1 aromatic rings. The smallest absolute Gasteiger partial charge is 0.233 e. The summed E-state index contributed by atoms with van der Waals surface area (Å²) in [5, 5.41) is 16.7. The van der Waals surface area contributed by atoms with Crippen molar-refractivity contribution in [2.75, 3.05) is 5.43 Å². The summed E-state index contributed by atoms with van der Waals surface area (Å²) in [7, 11) is 0. The number of nitrogens with one attached hydrogen (secondary N) is 2. The molecule has 0 aliphatic carbocycles. The normalized spacial score (nSPS) is 8.76. The molecule has 17 heavy (non-hydrogen) atoms. The molecule has 1 aromatic heterocycles. The molecule has 0 radical (unpaired) electrons. The Bertz CT molecular complexity index is 528. The maximum absolute atomic E-state index is 13.0. The number of hydrogen-bond donors (Lipinski definition) is 2. The highest BCUT2D eigenvalue weighted by Gasteiger charge is 2.07. The van der Waals surface area contributed by atoms with E-state index in [0.29, 0.717) is 0 Å². The molecule has 1 heterocycles. The lowest BCUT2D eigenvalue weighted by molar-refractivity contribution is 0.585. The Balaban J connectivity index is 2.78. The molecular weight excluding hydrogens is 268 g/mol. The van der Waals surface area contributed by atoms with Gasteiger partial charge in [-0.2, -0.15) is 19.9 Å². The second-order valence-corrected chi connectivity index (χ2v) is 3.46. The number of rotatable bonds is 3. The van der Waals surface area contributed by atoms with Crippen LogP contribution in [0.1, 0.15) is 0 Å².